The van der Waals surface area contributed by atoms with E-state index in [4.69, 9.17) is 9.26 Å². The standard InChI is InChI=1S/C22H21N5O3S/c1-15-12-17(26-30-15)14-31-22-20(4-3-10-23-22)21(28)24-13-16-9-11-27(25-16)18-5-7-19(29-2)8-6-18/h3-12H,13-14H2,1-2H3,(H,24,28). The van der Waals surface area contributed by atoms with E-state index in [1.165, 1.54) is 11.8 Å². The summed E-state index contributed by atoms with van der Waals surface area (Å²) in [5, 5.41) is 12.1. The summed E-state index contributed by atoms with van der Waals surface area (Å²) in [6, 6.07) is 14.8. The minimum absolute atomic E-state index is 0.203. The van der Waals surface area contributed by atoms with E-state index in [2.05, 4.69) is 20.6 Å². The largest absolute Gasteiger partial charge is 0.497 e. The topological polar surface area (TPSA) is 95.1 Å². The number of methoxy groups -OCH3 is 1. The van der Waals surface area contributed by atoms with Crippen molar-refractivity contribution in [1.82, 2.24) is 25.2 Å². The van der Waals surface area contributed by atoms with E-state index in [0.29, 0.717) is 22.9 Å². The summed E-state index contributed by atoms with van der Waals surface area (Å²) in [7, 11) is 1.63. The second-order valence-electron chi connectivity index (χ2n) is 6.71. The van der Waals surface area contributed by atoms with Crippen molar-refractivity contribution in [3.63, 3.8) is 0 Å². The first-order valence-corrected chi connectivity index (χ1v) is 10.6. The molecule has 0 unspecified atom stereocenters. The molecule has 158 valence electrons. The molecular weight excluding hydrogens is 414 g/mol. The van der Waals surface area contributed by atoms with Crippen LogP contribution in [0.2, 0.25) is 0 Å². The molecule has 0 bridgehead atoms. The first-order valence-electron chi connectivity index (χ1n) is 9.59. The summed E-state index contributed by atoms with van der Waals surface area (Å²) in [5.41, 5.74) is 2.98. The van der Waals surface area contributed by atoms with E-state index >= 15 is 0 Å². The number of hydrogen-bond acceptors (Lipinski definition) is 7. The maximum atomic E-state index is 12.8. The van der Waals surface area contributed by atoms with Crippen LogP contribution in [-0.4, -0.2) is 32.9 Å². The minimum atomic E-state index is -0.203. The molecule has 1 N–H and O–H groups in total. The van der Waals surface area contributed by atoms with Gasteiger partial charge in [0, 0.05) is 24.2 Å². The van der Waals surface area contributed by atoms with Crippen LogP contribution in [0.3, 0.4) is 0 Å². The smallest absolute Gasteiger partial charge is 0.254 e. The molecule has 1 aromatic carbocycles. The number of thioether (sulfide) groups is 1. The molecule has 0 fully saturated rings. The summed E-state index contributed by atoms with van der Waals surface area (Å²) in [5.74, 6) is 1.91. The molecular formula is C22H21N5O3S. The van der Waals surface area contributed by atoms with Crippen molar-refractivity contribution in [1.29, 1.82) is 0 Å². The van der Waals surface area contributed by atoms with Gasteiger partial charge in [0.25, 0.3) is 5.91 Å². The lowest BCUT2D eigenvalue weighted by molar-refractivity contribution is 0.0946. The van der Waals surface area contributed by atoms with Crippen LogP contribution in [-0.2, 0) is 12.3 Å². The summed E-state index contributed by atoms with van der Waals surface area (Å²) in [6.45, 7) is 2.15. The van der Waals surface area contributed by atoms with Gasteiger partial charge in [-0.2, -0.15) is 5.10 Å². The molecule has 8 nitrogen and oxygen atoms in total. The van der Waals surface area contributed by atoms with Crippen molar-refractivity contribution in [2.45, 2.75) is 24.2 Å². The number of carbonyl (C=O) groups is 1. The Kier molecular flexibility index (Phi) is 6.32. The third kappa shape index (κ3) is 5.13. The van der Waals surface area contributed by atoms with E-state index in [1.54, 1.807) is 30.1 Å². The maximum absolute atomic E-state index is 12.8. The summed E-state index contributed by atoms with van der Waals surface area (Å²) in [6.07, 6.45) is 3.53. The van der Waals surface area contributed by atoms with Crippen LogP contribution >= 0.6 is 11.8 Å². The molecule has 31 heavy (non-hydrogen) atoms. The van der Waals surface area contributed by atoms with Gasteiger partial charge in [0.2, 0.25) is 0 Å². The van der Waals surface area contributed by atoms with Gasteiger partial charge in [-0.25, -0.2) is 9.67 Å². The number of rotatable bonds is 8. The van der Waals surface area contributed by atoms with E-state index in [-0.39, 0.29) is 5.91 Å². The number of nitrogens with one attached hydrogen (secondary N) is 1. The van der Waals surface area contributed by atoms with E-state index < -0.39 is 0 Å². The molecule has 1 amide bonds. The minimum Gasteiger partial charge on any atom is -0.497 e. The van der Waals surface area contributed by atoms with Gasteiger partial charge in [-0.05, 0) is 49.4 Å². The first kappa shape index (κ1) is 20.7. The van der Waals surface area contributed by atoms with Crippen molar-refractivity contribution in [3.05, 3.63) is 83.6 Å². The predicted molar refractivity (Wildman–Crippen MR) is 116 cm³/mol. The summed E-state index contributed by atoms with van der Waals surface area (Å²) >= 11 is 1.44. The zero-order valence-corrected chi connectivity index (χ0v) is 17.9. The van der Waals surface area contributed by atoms with Crippen LogP contribution < -0.4 is 10.1 Å². The van der Waals surface area contributed by atoms with Crippen molar-refractivity contribution in [3.8, 4) is 11.4 Å². The van der Waals surface area contributed by atoms with Gasteiger partial charge >= 0.3 is 0 Å². The van der Waals surface area contributed by atoms with Gasteiger partial charge in [0.05, 0.1) is 36.3 Å². The Morgan fingerprint density at radius 1 is 1.19 bits per heavy atom. The van der Waals surface area contributed by atoms with Gasteiger partial charge in [0.15, 0.2) is 0 Å². The first-order chi connectivity index (χ1) is 15.1. The highest BCUT2D eigenvalue weighted by Gasteiger charge is 2.14. The van der Waals surface area contributed by atoms with Crippen LogP contribution in [0.4, 0.5) is 0 Å². The summed E-state index contributed by atoms with van der Waals surface area (Å²) in [4.78, 5) is 17.1. The van der Waals surface area contributed by atoms with E-state index in [9.17, 15) is 4.79 Å². The number of amides is 1. The molecule has 3 aromatic heterocycles. The van der Waals surface area contributed by atoms with Crippen LogP contribution in [0.1, 0.15) is 27.5 Å². The van der Waals surface area contributed by atoms with Gasteiger partial charge in [-0.1, -0.05) is 16.9 Å². The van der Waals surface area contributed by atoms with E-state index in [0.717, 1.165) is 28.6 Å². The maximum Gasteiger partial charge on any atom is 0.254 e. The third-order valence-electron chi connectivity index (χ3n) is 4.46. The molecule has 0 saturated carbocycles. The highest BCUT2D eigenvalue weighted by atomic mass is 32.2. The van der Waals surface area contributed by atoms with Gasteiger partial charge in [-0.3, -0.25) is 4.79 Å². The fourth-order valence-corrected chi connectivity index (χ4v) is 3.78. The lowest BCUT2D eigenvalue weighted by atomic mass is 10.2. The molecule has 0 spiro atoms. The third-order valence-corrected chi connectivity index (χ3v) is 5.50. The average molecular weight is 436 g/mol. The number of carbonyl (C=O) groups excluding carboxylic acids is 1. The molecule has 0 aliphatic carbocycles. The highest BCUT2D eigenvalue weighted by molar-refractivity contribution is 7.98. The predicted octanol–water partition coefficient (Wildman–Crippen LogP) is 3.79. The molecule has 0 saturated heterocycles. The fourth-order valence-electron chi connectivity index (χ4n) is 2.91. The van der Waals surface area contributed by atoms with Gasteiger partial charge in [0.1, 0.15) is 16.5 Å². The monoisotopic (exact) mass is 435 g/mol. The molecule has 4 aromatic rings. The van der Waals surface area contributed by atoms with Crippen molar-refractivity contribution in [2.75, 3.05) is 7.11 Å². The number of benzene rings is 1. The Labute approximate surface area is 183 Å². The van der Waals surface area contributed by atoms with Gasteiger partial charge in [-0.15, -0.1) is 0 Å². The molecule has 9 heteroatoms. The van der Waals surface area contributed by atoms with E-state index in [1.807, 2.05) is 49.5 Å². The molecule has 4 rings (SSSR count). The molecule has 0 aliphatic rings. The SMILES string of the molecule is COc1ccc(-n2ccc(CNC(=O)c3cccnc3SCc3cc(C)on3)n2)cc1. The lowest BCUT2D eigenvalue weighted by Gasteiger charge is -2.08. The van der Waals surface area contributed by atoms with Crippen LogP contribution in [0.5, 0.6) is 5.75 Å². The molecule has 0 aliphatic heterocycles. The highest BCUT2D eigenvalue weighted by Crippen LogP contribution is 2.24. The summed E-state index contributed by atoms with van der Waals surface area (Å²) < 4.78 is 12.0. The number of aryl methyl sites for hydroxylation is 1. The van der Waals surface area contributed by atoms with Crippen LogP contribution in [0.25, 0.3) is 5.69 Å². The van der Waals surface area contributed by atoms with Crippen LogP contribution in [0, 0.1) is 6.92 Å². The molecule has 0 atom stereocenters. The van der Waals surface area contributed by atoms with Crippen LogP contribution in [0.15, 0.2) is 70.5 Å². The van der Waals surface area contributed by atoms with Crippen molar-refractivity contribution < 1.29 is 14.1 Å². The second-order valence-corrected chi connectivity index (χ2v) is 7.67. The Balaban J connectivity index is 1.38. The fraction of sp³-hybridized carbons (Fsp3) is 0.182. The molecule has 3 heterocycles. The Bertz CT molecular complexity index is 1170. The Hall–Kier alpha value is -3.59. The number of ether oxygens (including phenoxy) is 1. The van der Waals surface area contributed by atoms with Crippen molar-refractivity contribution >= 4 is 17.7 Å². The quantitative estimate of drug-likeness (QED) is 0.421. The van der Waals surface area contributed by atoms with Crippen molar-refractivity contribution in [2.24, 2.45) is 0 Å². The normalized spacial score (nSPS) is 10.8. The zero-order valence-electron chi connectivity index (χ0n) is 17.1. The average Bonchev–Trinajstić information content (AvgIpc) is 3.45. The number of aromatic nitrogens is 4. The number of nitrogens with zero attached hydrogens (tertiary/aromatic N) is 4. The zero-order chi connectivity index (χ0) is 21.6. The lowest BCUT2D eigenvalue weighted by Crippen LogP contribution is -2.24. The Morgan fingerprint density at radius 3 is 2.77 bits per heavy atom. The Morgan fingerprint density at radius 2 is 2.03 bits per heavy atom. The molecule has 0 radical (unpaired) electrons. The number of pyridine rings is 1. The number of hydrogen-bond donors (Lipinski definition) is 1. The van der Waals surface area contributed by atoms with Gasteiger partial charge < -0.3 is 14.6 Å². The second kappa shape index (κ2) is 9.48.